The number of hydrogen-bond acceptors (Lipinski definition) is 8. The van der Waals surface area contributed by atoms with Gasteiger partial charge in [-0.05, 0) is 57.8 Å². The first-order valence-electron chi connectivity index (χ1n) is 27.5. The molecule has 384 valence electrons. The van der Waals surface area contributed by atoms with Gasteiger partial charge in [-0.25, -0.2) is 0 Å². The van der Waals surface area contributed by atoms with E-state index in [1.165, 1.54) is 135 Å². The summed E-state index contributed by atoms with van der Waals surface area (Å²) < 4.78 is 11.2. The van der Waals surface area contributed by atoms with Crippen molar-refractivity contribution >= 4 is 5.91 Å². The number of nitrogens with one attached hydrogen (secondary N) is 1. The van der Waals surface area contributed by atoms with Gasteiger partial charge in [0, 0.05) is 6.42 Å². The summed E-state index contributed by atoms with van der Waals surface area (Å²) in [6.45, 7) is 3.60. The van der Waals surface area contributed by atoms with Crippen LogP contribution in [0.25, 0.3) is 0 Å². The summed E-state index contributed by atoms with van der Waals surface area (Å²) in [5.74, 6) is -0.151. The Morgan fingerprint density at radius 1 is 0.530 bits per heavy atom. The van der Waals surface area contributed by atoms with E-state index in [0.717, 1.165) is 77.0 Å². The molecule has 1 amide bonds. The molecular formula is C57H103NO8. The molecule has 1 fully saturated rings. The van der Waals surface area contributed by atoms with Crippen LogP contribution in [0.4, 0.5) is 0 Å². The van der Waals surface area contributed by atoms with E-state index in [0.29, 0.717) is 12.8 Å². The third-order valence-electron chi connectivity index (χ3n) is 12.9. The van der Waals surface area contributed by atoms with Crippen LogP contribution in [0.5, 0.6) is 0 Å². The zero-order valence-electron chi connectivity index (χ0n) is 42.4. The molecule has 1 saturated heterocycles. The Balaban J connectivity index is 1.92. The van der Waals surface area contributed by atoms with Crippen LogP contribution in [0.15, 0.2) is 60.8 Å². The van der Waals surface area contributed by atoms with Gasteiger partial charge in [-0.3, -0.25) is 4.79 Å². The minimum Gasteiger partial charge on any atom is -0.394 e. The van der Waals surface area contributed by atoms with Gasteiger partial charge in [0.15, 0.2) is 6.29 Å². The van der Waals surface area contributed by atoms with Gasteiger partial charge in [-0.1, -0.05) is 235 Å². The Bertz CT molecular complexity index is 1220. The Labute approximate surface area is 405 Å². The van der Waals surface area contributed by atoms with Crippen molar-refractivity contribution in [2.45, 2.75) is 281 Å². The third-order valence-corrected chi connectivity index (χ3v) is 12.9. The second-order valence-corrected chi connectivity index (χ2v) is 19.0. The van der Waals surface area contributed by atoms with Crippen LogP contribution in [-0.2, 0) is 14.3 Å². The largest absolute Gasteiger partial charge is 0.394 e. The number of allylic oxidation sites excluding steroid dienone is 10. The molecule has 0 aromatic carbocycles. The summed E-state index contributed by atoms with van der Waals surface area (Å²) in [4.78, 5) is 12.9. The number of carbonyl (C=O) groups excluding carboxylic acids is 1. The van der Waals surface area contributed by atoms with Crippen LogP contribution in [0.3, 0.4) is 0 Å². The number of carbonyl (C=O) groups is 1. The van der Waals surface area contributed by atoms with Gasteiger partial charge in [-0.2, -0.15) is 0 Å². The Kier molecular flexibility index (Phi) is 43.7. The molecule has 0 bridgehead atoms. The lowest BCUT2D eigenvalue weighted by Crippen LogP contribution is -2.60. The van der Waals surface area contributed by atoms with Gasteiger partial charge < -0.3 is 40.3 Å². The highest BCUT2D eigenvalue weighted by atomic mass is 16.7. The number of ether oxygens (including phenoxy) is 2. The van der Waals surface area contributed by atoms with Gasteiger partial charge in [-0.15, -0.1) is 0 Å². The molecule has 1 heterocycles. The third kappa shape index (κ3) is 36.0. The molecule has 0 radical (unpaired) electrons. The molecule has 7 atom stereocenters. The molecular weight excluding hydrogens is 827 g/mol. The first-order valence-corrected chi connectivity index (χ1v) is 27.5. The highest BCUT2D eigenvalue weighted by molar-refractivity contribution is 5.76. The maximum atomic E-state index is 12.9. The van der Waals surface area contributed by atoms with Gasteiger partial charge in [0.05, 0.1) is 25.4 Å². The molecule has 66 heavy (non-hydrogen) atoms. The number of unbranched alkanes of at least 4 members (excludes halogenated alkanes) is 26. The standard InChI is InChI=1S/C57H103NO8/c1-3-5-7-9-10-11-12-13-14-15-16-17-18-19-20-21-22-23-24-25-26-27-28-29-30-31-32-33-34-35-36-37-38-39-40-41-42-43-45-47-53(61)58-50(51(60)46-44-8-6-4-2)49-65-57-56(64)55(63)54(62)52(48-59)66-57/h5,7,10-11,13-14,16-17,19-20,50-52,54-57,59-60,62-64H,3-4,6,8-9,12,15,18,21-49H2,1-2H3,(H,58,61)/b7-5-,11-10-,14-13-,17-16-,20-19-. The molecule has 0 aromatic rings. The van der Waals surface area contributed by atoms with Crippen molar-refractivity contribution in [1.29, 1.82) is 0 Å². The fourth-order valence-electron chi connectivity index (χ4n) is 8.54. The first-order chi connectivity index (χ1) is 32.3. The number of aliphatic hydroxyl groups excluding tert-OH is 5. The van der Waals surface area contributed by atoms with E-state index in [1.54, 1.807) is 0 Å². The van der Waals surface area contributed by atoms with Crippen molar-refractivity contribution in [3.05, 3.63) is 60.8 Å². The normalized spacial score (nSPS) is 20.3. The molecule has 7 unspecified atom stereocenters. The lowest BCUT2D eigenvalue weighted by atomic mass is 9.99. The molecule has 9 heteroatoms. The predicted molar refractivity (Wildman–Crippen MR) is 276 cm³/mol. The molecule has 0 aromatic heterocycles. The average molecular weight is 930 g/mol. The average Bonchev–Trinajstić information content (AvgIpc) is 3.32. The second-order valence-electron chi connectivity index (χ2n) is 19.0. The maximum Gasteiger partial charge on any atom is 0.220 e. The summed E-state index contributed by atoms with van der Waals surface area (Å²) in [5.41, 5.74) is 0. The number of hydrogen-bond donors (Lipinski definition) is 6. The molecule has 0 aliphatic carbocycles. The van der Waals surface area contributed by atoms with Crippen LogP contribution in [0.1, 0.15) is 239 Å². The van der Waals surface area contributed by atoms with Gasteiger partial charge in [0.25, 0.3) is 0 Å². The first kappa shape index (κ1) is 61.9. The quantitative estimate of drug-likeness (QED) is 0.0261. The van der Waals surface area contributed by atoms with E-state index in [-0.39, 0.29) is 12.5 Å². The lowest BCUT2D eigenvalue weighted by molar-refractivity contribution is -0.302. The predicted octanol–water partition coefficient (Wildman–Crippen LogP) is 13.1. The Hall–Kier alpha value is -2.11. The van der Waals surface area contributed by atoms with Crippen LogP contribution < -0.4 is 5.32 Å². The second kappa shape index (κ2) is 46.6. The molecule has 9 nitrogen and oxygen atoms in total. The molecule has 6 N–H and O–H groups in total. The number of rotatable bonds is 46. The summed E-state index contributed by atoms with van der Waals surface area (Å²) in [6.07, 6.45) is 56.4. The zero-order valence-corrected chi connectivity index (χ0v) is 42.4. The maximum absolute atomic E-state index is 12.9. The Morgan fingerprint density at radius 3 is 1.38 bits per heavy atom. The van der Waals surface area contributed by atoms with Gasteiger partial charge in [0.2, 0.25) is 5.91 Å². The van der Waals surface area contributed by atoms with Crippen LogP contribution in [0.2, 0.25) is 0 Å². The van der Waals surface area contributed by atoms with Crippen LogP contribution in [0, 0.1) is 0 Å². The van der Waals surface area contributed by atoms with Crippen molar-refractivity contribution in [2.75, 3.05) is 13.2 Å². The highest BCUT2D eigenvalue weighted by Gasteiger charge is 2.44. The monoisotopic (exact) mass is 930 g/mol. The van der Waals surface area contributed by atoms with Gasteiger partial charge in [0.1, 0.15) is 24.4 Å². The minimum atomic E-state index is -1.55. The molecule has 1 rings (SSSR count). The topological polar surface area (TPSA) is 149 Å². The number of aliphatic hydroxyl groups is 5. The van der Waals surface area contributed by atoms with E-state index in [9.17, 15) is 30.3 Å². The van der Waals surface area contributed by atoms with Crippen LogP contribution >= 0.6 is 0 Å². The van der Waals surface area contributed by atoms with E-state index >= 15 is 0 Å². The summed E-state index contributed by atoms with van der Waals surface area (Å²) in [7, 11) is 0. The summed E-state index contributed by atoms with van der Waals surface area (Å²) in [5, 5.41) is 53.8. The summed E-state index contributed by atoms with van der Waals surface area (Å²) in [6, 6.07) is -0.713. The van der Waals surface area contributed by atoms with E-state index in [4.69, 9.17) is 9.47 Å². The highest BCUT2D eigenvalue weighted by Crippen LogP contribution is 2.23. The van der Waals surface area contributed by atoms with Crippen molar-refractivity contribution in [3.8, 4) is 0 Å². The van der Waals surface area contributed by atoms with Crippen molar-refractivity contribution in [2.24, 2.45) is 0 Å². The fourth-order valence-corrected chi connectivity index (χ4v) is 8.54. The minimum absolute atomic E-state index is 0.140. The Morgan fingerprint density at radius 2 is 0.939 bits per heavy atom. The summed E-state index contributed by atoms with van der Waals surface area (Å²) >= 11 is 0. The molecule has 1 aliphatic rings. The van der Waals surface area contributed by atoms with E-state index < -0.39 is 49.5 Å². The van der Waals surface area contributed by atoms with E-state index in [1.807, 2.05) is 0 Å². The lowest BCUT2D eigenvalue weighted by Gasteiger charge is -2.40. The van der Waals surface area contributed by atoms with Crippen LogP contribution in [-0.4, -0.2) is 87.5 Å². The molecule has 1 aliphatic heterocycles. The van der Waals surface area contributed by atoms with Crippen molar-refractivity contribution < 1.29 is 39.8 Å². The molecule has 0 spiro atoms. The van der Waals surface area contributed by atoms with Crippen molar-refractivity contribution in [3.63, 3.8) is 0 Å². The van der Waals surface area contributed by atoms with Gasteiger partial charge >= 0.3 is 0 Å². The van der Waals surface area contributed by atoms with Crippen molar-refractivity contribution in [1.82, 2.24) is 5.32 Å². The smallest absolute Gasteiger partial charge is 0.220 e. The zero-order chi connectivity index (χ0) is 48.0. The SMILES string of the molecule is CC/C=C\C/C=C\C/C=C\C/C=C\C/C=C\CCCCCCCCCCCCCCCCCCCCCCCCCC(=O)NC(COC1OC(CO)C(O)C(O)C1O)C(O)CCCCCC. The number of amides is 1. The fraction of sp³-hybridized carbons (Fsp3) is 0.807. The van der Waals surface area contributed by atoms with E-state index in [2.05, 4.69) is 79.9 Å². The molecule has 0 saturated carbocycles.